The number of carbonyl (C=O) groups excluding carboxylic acids is 1. The van der Waals surface area contributed by atoms with Gasteiger partial charge < -0.3 is 15.0 Å². The van der Waals surface area contributed by atoms with Crippen LogP contribution in [-0.4, -0.2) is 58.5 Å². The minimum absolute atomic E-state index is 0.105. The van der Waals surface area contributed by atoms with E-state index in [9.17, 15) is 13.2 Å². The fourth-order valence-electron chi connectivity index (χ4n) is 4.20. The van der Waals surface area contributed by atoms with Gasteiger partial charge >= 0.3 is 0 Å². The van der Waals surface area contributed by atoms with E-state index in [1.165, 1.54) is 41.6 Å². The molecule has 0 radical (unpaired) electrons. The van der Waals surface area contributed by atoms with E-state index in [4.69, 9.17) is 4.74 Å². The summed E-state index contributed by atoms with van der Waals surface area (Å²) >= 11 is 0. The van der Waals surface area contributed by atoms with Gasteiger partial charge in [-0.05, 0) is 56.7 Å². The first-order chi connectivity index (χ1) is 14.0. The second kappa shape index (κ2) is 10.4. The van der Waals surface area contributed by atoms with Crippen molar-refractivity contribution in [2.24, 2.45) is 0 Å². The standard InChI is InChI=1S/C21H33N3O4S/c1-28-20-11-10-18(29(26,27)24-14-8-5-9-15-24)16-19(20)22-21(25)17-23-12-6-3-2-4-7-13-23/h10-11,16H,2-9,12-15,17H2,1H3,(H,22,25)/p+1. The van der Waals surface area contributed by atoms with Crippen molar-refractivity contribution in [2.45, 2.75) is 56.3 Å². The number of carbonyl (C=O) groups is 1. The SMILES string of the molecule is COc1ccc(S(=O)(=O)N2CCCCC2)cc1NC(=O)C[NH+]1CCCCCCC1. The molecule has 29 heavy (non-hydrogen) atoms. The van der Waals surface area contributed by atoms with Gasteiger partial charge in [-0.15, -0.1) is 0 Å². The molecular weight excluding hydrogens is 390 g/mol. The van der Waals surface area contributed by atoms with E-state index in [2.05, 4.69) is 5.32 Å². The topological polar surface area (TPSA) is 80.2 Å². The number of hydrogen-bond acceptors (Lipinski definition) is 4. The molecule has 0 aromatic heterocycles. The van der Waals surface area contributed by atoms with Crippen LogP contribution in [0.5, 0.6) is 5.75 Å². The van der Waals surface area contributed by atoms with E-state index in [1.54, 1.807) is 12.1 Å². The molecule has 7 nitrogen and oxygen atoms in total. The highest BCUT2D eigenvalue weighted by molar-refractivity contribution is 7.89. The fourth-order valence-corrected chi connectivity index (χ4v) is 5.75. The van der Waals surface area contributed by atoms with Crippen LogP contribution in [0.1, 0.15) is 51.4 Å². The minimum Gasteiger partial charge on any atom is -0.495 e. The number of amides is 1. The minimum atomic E-state index is -3.56. The number of nitrogens with one attached hydrogen (secondary N) is 2. The molecule has 0 saturated carbocycles. The lowest BCUT2D eigenvalue weighted by Crippen LogP contribution is -3.13. The predicted molar refractivity (Wildman–Crippen MR) is 113 cm³/mol. The number of anilines is 1. The van der Waals surface area contributed by atoms with Crippen molar-refractivity contribution >= 4 is 21.6 Å². The maximum absolute atomic E-state index is 13.0. The molecule has 1 amide bonds. The molecule has 0 atom stereocenters. The average molecular weight is 425 g/mol. The normalized spacial score (nSPS) is 19.9. The molecule has 162 valence electrons. The summed E-state index contributed by atoms with van der Waals surface area (Å²) in [6.45, 7) is 3.51. The maximum atomic E-state index is 13.0. The van der Waals surface area contributed by atoms with Crippen LogP contribution in [0.2, 0.25) is 0 Å². The molecule has 8 heteroatoms. The van der Waals surface area contributed by atoms with Crippen LogP contribution in [-0.2, 0) is 14.8 Å². The highest BCUT2D eigenvalue weighted by Crippen LogP contribution is 2.29. The Kier molecular flexibility index (Phi) is 7.91. The summed E-state index contributed by atoms with van der Waals surface area (Å²) in [6, 6.07) is 4.71. The summed E-state index contributed by atoms with van der Waals surface area (Å²) in [7, 11) is -2.04. The van der Waals surface area contributed by atoms with Gasteiger partial charge in [0.05, 0.1) is 30.8 Å². The molecular formula is C21H34N3O4S+. The number of nitrogens with zero attached hydrogens (tertiary/aromatic N) is 1. The summed E-state index contributed by atoms with van der Waals surface area (Å²) < 4.78 is 32.9. The van der Waals surface area contributed by atoms with E-state index in [0.29, 0.717) is 31.1 Å². The first kappa shape index (κ1) is 22.1. The van der Waals surface area contributed by atoms with Gasteiger partial charge in [-0.3, -0.25) is 4.79 Å². The zero-order chi connectivity index (χ0) is 20.7. The van der Waals surface area contributed by atoms with Crippen molar-refractivity contribution in [2.75, 3.05) is 45.2 Å². The number of benzene rings is 1. The number of piperidine rings is 1. The first-order valence-corrected chi connectivity index (χ1v) is 12.3. The van der Waals surface area contributed by atoms with Gasteiger partial charge in [-0.25, -0.2) is 8.42 Å². The lowest BCUT2D eigenvalue weighted by molar-refractivity contribution is -0.892. The van der Waals surface area contributed by atoms with Gasteiger partial charge in [0.15, 0.2) is 6.54 Å². The van der Waals surface area contributed by atoms with Gasteiger partial charge in [0.25, 0.3) is 5.91 Å². The van der Waals surface area contributed by atoms with Crippen LogP contribution < -0.4 is 15.0 Å². The van der Waals surface area contributed by atoms with Crippen LogP contribution in [0, 0.1) is 0 Å². The quantitative estimate of drug-likeness (QED) is 0.728. The van der Waals surface area contributed by atoms with Crippen LogP contribution in [0.15, 0.2) is 23.1 Å². The van der Waals surface area contributed by atoms with Crippen LogP contribution >= 0.6 is 0 Å². The molecule has 1 aromatic rings. The lowest BCUT2D eigenvalue weighted by atomic mass is 10.1. The third-order valence-electron chi connectivity index (χ3n) is 5.87. The van der Waals surface area contributed by atoms with Crippen molar-refractivity contribution < 1.29 is 22.8 Å². The van der Waals surface area contributed by atoms with E-state index in [0.717, 1.165) is 45.2 Å². The highest BCUT2D eigenvalue weighted by Gasteiger charge is 2.27. The fraction of sp³-hybridized carbons (Fsp3) is 0.667. The molecule has 0 spiro atoms. The molecule has 1 aromatic carbocycles. The Bertz CT molecular complexity index is 783. The molecule has 2 fully saturated rings. The van der Waals surface area contributed by atoms with Crippen LogP contribution in [0.3, 0.4) is 0 Å². The number of rotatable bonds is 6. The molecule has 2 saturated heterocycles. The van der Waals surface area contributed by atoms with Gasteiger partial charge in [-0.2, -0.15) is 4.31 Å². The first-order valence-electron chi connectivity index (χ1n) is 10.8. The zero-order valence-electron chi connectivity index (χ0n) is 17.4. The number of quaternary nitrogens is 1. The molecule has 2 aliphatic heterocycles. The number of hydrogen-bond donors (Lipinski definition) is 2. The van der Waals surface area contributed by atoms with Gasteiger partial charge in [0.1, 0.15) is 5.75 Å². The Morgan fingerprint density at radius 1 is 1.03 bits per heavy atom. The van der Waals surface area contributed by atoms with E-state index in [1.807, 2.05) is 0 Å². The van der Waals surface area contributed by atoms with Gasteiger partial charge in [0, 0.05) is 13.1 Å². The molecule has 2 heterocycles. The Labute approximate surface area is 174 Å². The van der Waals surface area contributed by atoms with Crippen LogP contribution in [0.25, 0.3) is 0 Å². The summed E-state index contributed by atoms with van der Waals surface area (Å²) in [4.78, 5) is 14.2. The number of likely N-dealkylation sites (tertiary alicyclic amines) is 1. The van der Waals surface area contributed by atoms with E-state index < -0.39 is 10.0 Å². The van der Waals surface area contributed by atoms with Gasteiger partial charge in [-0.1, -0.05) is 12.8 Å². The predicted octanol–water partition coefficient (Wildman–Crippen LogP) is 1.66. The molecule has 0 bridgehead atoms. The second-order valence-electron chi connectivity index (χ2n) is 8.07. The largest absolute Gasteiger partial charge is 0.495 e. The Hall–Kier alpha value is -1.64. The van der Waals surface area contributed by atoms with Crippen molar-refractivity contribution in [3.8, 4) is 5.75 Å². The summed E-state index contributed by atoms with van der Waals surface area (Å²) in [5, 5.41) is 2.89. The maximum Gasteiger partial charge on any atom is 0.279 e. The van der Waals surface area contributed by atoms with E-state index >= 15 is 0 Å². The van der Waals surface area contributed by atoms with Crippen LogP contribution in [0.4, 0.5) is 5.69 Å². The lowest BCUT2D eigenvalue weighted by Gasteiger charge is -2.26. The second-order valence-corrected chi connectivity index (χ2v) is 10.0. The monoisotopic (exact) mass is 424 g/mol. The highest BCUT2D eigenvalue weighted by atomic mass is 32.2. The molecule has 2 N–H and O–H groups in total. The van der Waals surface area contributed by atoms with E-state index in [-0.39, 0.29) is 10.8 Å². The van der Waals surface area contributed by atoms with Crippen molar-refractivity contribution in [3.05, 3.63) is 18.2 Å². The van der Waals surface area contributed by atoms with Crippen molar-refractivity contribution in [3.63, 3.8) is 0 Å². The molecule has 3 rings (SSSR count). The zero-order valence-corrected chi connectivity index (χ0v) is 18.2. The smallest absolute Gasteiger partial charge is 0.279 e. The average Bonchev–Trinajstić information content (AvgIpc) is 2.70. The third-order valence-corrected chi connectivity index (χ3v) is 7.76. The number of methoxy groups -OCH3 is 1. The third kappa shape index (κ3) is 5.93. The Morgan fingerprint density at radius 2 is 1.66 bits per heavy atom. The molecule has 2 aliphatic rings. The van der Waals surface area contributed by atoms with Crippen molar-refractivity contribution in [1.29, 1.82) is 0 Å². The summed E-state index contributed by atoms with van der Waals surface area (Å²) in [5.74, 6) is 0.366. The van der Waals surface area contributed by atoms with Gasteiger partial charge in [0.2, 0.25) is 10.0 Å². The van der Waals surface area contributed by atoms with Crippen molar-refractivity contribution in [1.82, 2.24) is 4.31 Å². The summed E-state index contributed by atoms with van der Waals surface area (Å²) in [6.07, 6.45) is 8.88. The molecule has 0 aliphatic carbocycles. The molecule has 0 unspecified atom stereocenters. The Balaban J connectivity index is 1.72. The number of sulfonamides is 1. The number of ether oxygens (including phenoxy) is 1. The summed E-state index contributed by atoms with van der Waals surface area (Å²) in [5.41, 5.74) is 0.419. The Morgan fingerprint density at radius 3 is 2.31 bits per heavy atom.